The van der Waals surface area contributed by atoms with Crippen molar-refractivity contribution in [1.29, 1.82) is 0 Å². The molecular weight excluding hydrogens is 301 g/mol. The molecule has 5 rings (SSSR count). The highest BCUT2D eigenvalue weighted by atomic mass is 19.1. The summed E-state index contributed by atoms with van der Waals surface area (Å²) in [5, 5.41) is 3.17. The minimum atomic E-state index is -0.396. The fraction of sp³-hybridized carbons (Fsp3) is 0.667. The van der Waals surface area contributed by atoms with E-state index >= 15 is 0 Å². The van der Waals surface area contributed by atoms with E-state index in [0.717, 1.165) is 11.8 Å². The normalized spacial score (nSPS) is 34.4. The first-order chi connectivity index (χ1) is 11.4. The van der Waals surface area contributed by atoms with Crippen LogP contribution in [0.5, 0.6) is 0 Å². The smallest absolute Gasteiger partial charge is 0.223 e. The number of carbonyl (C=O) groups excluding carboxylic acids is 1. The van der Waals surface area contributed by atoms with Crippen molar-refractivity contribution in [1.82, 2.24) is 5.32 Å². The lowest BCUT2D eigenvalue weighted by atomic mass is 9.51. The van der Waals surface area contributed by atoms with E-state index in [4.69, 9.17) is 0 Å². The van der Waals surface area contributed by atoms with Gasteiger partial charge < -0.3 is 5.32 Å². The quantitative estimate of drug-likeness (QED) is 0.877. The monoisotopic (exact) mass is 329 g/mol. The van der Waals surface area contributed by atoms with Gasteiger partial charge in [-0.1, -0.05) is 32.0 Å². The summed E-state index contributed by atoms with van der Waals surface area (Å²) in [6.07, 6.45) is 6.41. The summed E-state index contributed by atoms with van der Waals surface area (Å²) in [6.45, 7) is 4.50. The zero-order chi connectivity index (χ0) is 16.9. The molecule has 4 aliphatic carbocycles. The first-order valence-electron chi connectivity index (χ1n) is 9.47. The molecule has 1 N–H and O–H groups in total. The van der Waals surface area contributed by atoms with Crippen molar-refractivity contribution >= 4 is 5.91 Å². The van der Waals surface area contributed by atoms with E-state index in [1.165, 1.54) is 38.2 Å². The maximum Gasteiger partial charge on any atom is 0.223 e. The number of nitrogens with one attached hydrogen (secondary N) is 1. The Labute approximate surface area is 144 Å². The minimum Gasteiger partial charge on any atom is -0.355 e. The summed E-state index contributed by atoms with van der Waals surface area (Å²) in [4.78, 5) is 12.9. The number of amides is 1. The molecule has 1 amide bonds. The van der Waals surface area contributed by atoms with Crippen LogP contribution in [-0.2, 0) is 10.2 Å². The SMILES string of the molecule is CC(C)(CNC(=O)C1C2CC3CC(C2)CC1C3)c1ccccc1F. The van der Waals surface area contributed by atoms with Crippen molar-refractivity contribution in [3.63, 3.8) is 0 Å². The molecule has 0 unspecified atom stereocenters. The van der Waals surface area contributed by atoms with Crippen molar-refractivity contribution in [3.8, 4) is 0 Å². The van der Waals surface area contributed by atoms with Crippen LogP contribution in [-0.4, -0.2) is 12.5 Å². The van der Waals surface area contributed by atoms with Crippen molar-refractivity contribution in [2.24, 2.45) is 29.6 Å². The van der Waals surface area contributed by atoms with Crippen LogP contribution in [0.1, 0.15) is 51.5 Å². The number of benzene rings is 1. The molecule has 0 heterocycles. The van der Waals surface area contributed by atoms with Gasteiger partial charge in [0.1, 0.15) is 5.82 Å². The van der Waals surface area contributed by atoms with Crippen molar-refractivity contribution < 1.29 is 9.18 Å². The highest BCUT2D eigenvalue weighted by molar-refractivity contribution is 5.79. The molecule has 130 valence electrons. The summed E-state index contributed by atoms with van der Waals surface area (Å²) in [7, 11) is 0. The number of hydrogen-bond donors (Lipinski definition) is 1. The van der Waals surface area contributed by atoms with Crippen LogP contribution in [0.4, 0.5) is 4.39 Å². The standard InChI is InChI=1S/C21H28FNO/c1-21(2,17-5-3-4-6-18(17)22)12-23-20(24)19-15-8-13-7-14(10-15)11-16(19)9-13/h3-6,13-16,19H,7-12H2,1-2H3,(H,23,24). The average molecular weight is 329 g/mol. The highest BCUT2D eigenvalue weighted by Gasteiger charge is 2.50. The Morgan fingerprint density at radius 2 is 1.67 bits per heavy atom. The Hall–Kier alpha value is -1.38. The molecule has 0 aliphatic heterocycles. The van der Waals surface area contributed by atoms with Crippen LogP contribution in [0.15, 0.2) is 24.3 Å². The molecule has 3 heteroatoms. The lowest BCUT2D eigenvalue weighted by Gasteiger charge is -2.53. The predicted molar refractivity (Wildman–Crippen MR) is 93.0 cm³/mol. The zero-order valence-electron chi connectivity index (χ0n) is 14.7. The summed E-state index contributed by atoms with van der Waals surface area (Å²) >= 11 is 0. The van der Waals surface area contributed by atoms with Gasteiger partial charge in [0.2, 0.25) is 5.91 Å². The third-order valence-corrected chi connectivity index (χ3v) is 6.84. The Bertz CT molecular complexity index is 610. The maximum absolute atomic E-state index is 14.1. The molecule has 0 spiro atoms. The molecule has 4 saturated carbocycles. The molecule has 4 fully saturated rings. The largest absolute Gasteiger partial charge is 0.355 e. The molecule has 2 nitrogen and oxygen atoms in total. The van der Waals surface area contributed by atoms with E-state index in [9.17, 15) is 9.18 Å². The van der Waals surface area contributed by atoms with Gasteiger partial charge in [-0.05, 0) is 67.4 Å². The van der Waals surface area contributed by atoms with Gasteiger partial charge in [0.15, 0.2) is 0 Å². The van der Waals surface area contributed by atoms with Gasteiger partial charge in [-0.2, -0.15) is 0 Å². The molecular formula is C21H28FNO. The Balaban J connectivity index is 1.42. The zero-order valence-corrected chi connectivity index (χ0v) is 14.7. The first-order valence-corrected chi connectivity index (χ1v) is 9.47. The van der Waals surface area contributed by atoms with Crippen LogP contribution >= 0.6 is 0 Å². The molecule has 4 aliphatic rings. The second kappa shape index (κ2) is 5.86. The number of halogens is 1. The van der Waals surface area contributed by atoms with Crippen LogP contribution in [0.2, 0.25) is 0 Å². The van der Waals surface area contributed by atoms with Crippen molar-refractivity contribution in [2.75, 3.05) is 6.54 Å². The molecule has 0 atom stereocenters. The summed E-state index contributed by atoms with van der Waals surface area (Å²) in [5.41, 5.74) is 0.280. The van der Waals surface area contributed by atoms with Crippen LogP contribution < -0.4 is 5.32 Å². The molecule has 4 bridgehead atoms. The average Bonchev–Trinajstić information content (AvgIpc) is 2.52. The molecule has 0 saturated heterocycles. The fourth-order valence-electron chi connectivity index (χ4n) is 5.88. The third-order valence-electron chi connectivity index (χ3n) is 6.84. The molecule has 1 aromatic rings. The molecule has 0 radical (unpaired) electrons. The first kappa shape index (κ1) is 16.1. The summed E-state index contributed by atoms with van der Waals surface area (Å²) in [6, 6.07) is 6.89. The van der Waals surface area contributed by atoms with E-state index in [1.54, 1.807) is 6.07 Å². The second-order valence-electron chi connectivity index (χ2n) is 9.04. The molecule has 24 heavy (non-hydrogen) atoms. The fourth-order valence-corrected chi connectivity index (χ4v) is 5.88. The van der Waals surface area contributed by atoms with Gasteiger partial charge in [0.05, 0.1) is 0 Å². The molecule has 0 aromatic heterocycles. The van der Waals surface area contributed by atoms with Crippen LogP contribution in [0.3, 0.4) is 0 Å². The Kier molecular flexibility index (Phi) is 3.93. The van der Waals surface area contributed by atoms with Gasteiger partial charge >= 0.3 is 0 Å². The van der Waals surface area contributed by atoms with Crippen molar-refractivity contribution in [3.05, 3.63) is 35.6 Å². The van der Waals surface area contributed by atoms with Gasteiger partial charge in [-0.25, -0.2) is 4.39 Å². The number of rotatable bonds is 4. The van der Waals surface area contributed by atoms with E-state index in [2.05, 4.69) is 5.32 Å². The highest BCUT2D eigenvalue weighted by Crippen LogP contribution is 2.56. The van der Waals surface area contributed by atoms with Gasteiger partial charge in [0.25, 0.3) is 0 Å². The van der Waals surface area contributed by atoms with E-state index < -0.39 is 5.41 Å². The summed E-state index contributed by atoms with van der Waals surface area (Å²) in [5.74, 6) is 3.18. The van der Waals surface area contributed by atoms with E-state index in [-0.39, 0.29) is 17.6 Å². The Morgan fingerprint density at radius 3 is 2.25 bits per heavy atom. The van der Waals surface area contributed by atoms with Crippen LogP contribution in [0.25, 0.3) is 0 Å². The number of carbonyl (C=O) groups is 1. The van der Waals surface area contributed by atoms with Gasteiger partial charge in [-0.3, -0.25) is 4.79 Å². The van der Waals surface area contributed by atoms with E-state index in [0.29, 0.717) is 23.9 Å². The summed E-state index contributed by atoms with van der Waals surface area (Å²) < 4.78 is 14.1. The number of hydrogen-bond acceptors (Lipinski definition) is 1. The lowest BCUT2D eigenvalue weighted by molar-refractivity contribution is -0.138. The van der Waals surface area contributed by atoms with E-state index in [1.807, 2.05) is 26.0 Å². The van der Waals surface area contributed by atoms with Gasteiger partial charge in [-0.15, -0.1) is 0 Å². The second-order valence-corrected chi connectivity index (χ2v) is 9.04. The minimum absolute atomic E-state index is 0.189. The van der Waals surface area contributed by atoms with Crippen molar-refractivity contribution in [2.45, 2.75) is 51.4 Å². The topological polar surface area (TPSA) is 29.1 Å². The lowest BCUT2D eigenvalue weighted by Crippen LogP contribution is -2.52. The Morgan fingerprint density at radius 1 is 1.08 bits per heavy atom. The maximum atomic E-state index is 14.1. The van der Waals surface area contributed by atoms with Gasteiger partial charge in [0, 0.05) is 17.9 Å². The predicted octanol–water partition coefficient (Wildman–Crippen LogP) is 4.29. The third kappa shape index (κ3) is 2.76. The van der Waals surface area contributed by atoms with Crippen LogP contribution in [0, 0.1) is 35.4 Å². The molecule has 1 aromatic carbocycles.